The molecular formula is C21H28FN7O. The Balaban J connectivity index is 1.46. The number of halogens is 1. The van der Waals surface area contributed by atoms with Crippen LogP contribution < -0.4 is 22.1 Å². The summed E-state index contributed by atoms with van der Waals surface area (Å²) in [4.78, 5) is 23.5. The molecule has 1 aromatic carbocycles. The molecule has 0 aliphatic heterocycles. The zero-order chi connectivity index (χ0) is 21.3. The molecular weight excluding hydrogens is 385 g/mol. The third kappa shape index (κ3) is 5.90. The molecule has 0 aliphatic rings. The van der Waals surface area contributed by atoms with E-state index in [1.165, 1.54) is 0 Å². The van der Waals surface area contributed by atoms with Gasteiger partial charge in [0.25, 0.3) is 0 Å². The van der Waals surface area contributed by atoms with Crippen LogP contribution in [0.15, 0.2) is 46.3 Å². The summed E-state index contributed by atoms with van der Waals surface area (Å²) in [7, 11) is 0. The molecule has 0 radical (unpaired) electrons. The van der Waals surface area contributed by atoms with Gasteiger partial charge in [0, 0.05) is 36.9 Å². The number of nitrogens with one attached hydrogen (secondary N) is 3. The molecule has 0 amide bonds. The first kappa shape index (κ1) is 21.5. The summed E-state index contributed by atoms with van der Waals surface area (Å²) in [6, 6.07) is 9.79. The topological polar surface area (TPSA) is 113 Å². The maximum absolute atomic E-state index is 12.3. The average molecular weight is 414 g/mol. The summed E-state index contributed by atoms with van der Waals surface area (Å²) in [6.07, 6.45) is 3.09. The highest BCUT2D eigenvalue weighted by molar-refractivity contribution is 5.77. The number of rotatable bonds is 10. The van der Waals surface area contributed by atoms with Gasteiger partial charge in [-0.25, -0.2) is 4.79 Å². The van der Waals surface area contributed by atoms with E-state index in [4.69, 9.17) is 5.73 Å². The van der Waals surface area contributed by atoms with Gasteiger partial charge in [-0.15, -0.1) is 0 Å². The van der Waals surface area contributed by atoms with E-state index in [0.29, 0.717) is 31.1 Å². The van der Waals surface area contributed by atoms with E-state index in [9.17, 15) is 9.18 Å². The zero-order valence-electron chi connectivity index (χ0n) is 17.1. The van der Waals surface area contributed by atoms with Gasteiger partial charge < -0.3 is 21.4 Å². The third-order valence-corrected chi connectivity index (χ3v) is 4.60. The van der Waals surface area contributed by atoms with Crippen molar-refractivity contribution >= 4 is 17.0 Å². The van der Waals surface area contributed by atoms with Gasteiger partial charge in [0.15, 0.2) is 5.96 Å². The summed E-state index contributed by atoms with van der Waals surface area (Å²) in [5, 5.41) is 7.28. The monoisotopic (exact) mass is 413 g/mol. The van der Waals surface area contributed by atoms with Crippen molar-refractivity contribution in [3.8, 4) is 5.69 Å². The van der Waals surface area contributed by atoms with Gasteiger partial charge in [-0.1, -0.05) is 12.1 Å². The second kappa shape index (κ2) is 10.5. The smallest absolute Gasteiger partial charge is 0.354 e. The highest BCUT2D eigenvalue weighted by atomic mass is 19.1. The number of aryl methyl sites for hydroxylation is 1. The number of aliphatic imine (C=N–C) groups is 1. The predicted octanol–water partition coefficient (Wildman–Crippen LogP) is 1.77. The lowest BCUT2D eigenvalue weighted by Gasteiger charge is -2.09. The fourth-order valence-corrected chi connectivity index (χ4v) is 3.07. The van der Waals surface area contributed by atoms with Crippen LogP contribution in [0.25, 0.3) is 16.7 Å². The lowest BCUT2D eigenvalue weighted by atomic mass is 10.2. The molecule has 9 heteroatoms. The Morgan fingerprint density at radius 3 is 2.83 bits per heavy atom. The molecule has 0 aliphatic carbocycles. The van der Waals surface area contributed by atoms with Crippen molar-refractivity contribution in [3.63, 3.8) is 0 Å². The fourth-order valence-electron chi connectivity index (χ4n) is 3.07. The van der Waals surface area contributed by atoms with Gasteiger partial charge in [-0.3, -0.25) is 13.9 Å². The van der Waals surface area contributed by atoms with Crippen LogP contribution in [-0.2, 0) is 6.54 Å². The van der Waals surface area contributed by atoms with Gasteiger partial charge in [0.05, 0.1) is 12.4 Å². The number of alkyl halides is 1. The Kier molecular flexibility index (Phi) is 7.56. The number of guanidine groups is 1. The molecule has 3 aromatic rings. The van der Waals surface area contributed by atoms with Crippen LogP contribution in [0.1, 0.15) is 24.1 Å². The molecule has 2 aromatic heterocycles. The number of aromatic amines is 1. The summed E-state index contributed by atoms with van der Waals surface area (Å²) < 4.78 is 13.6. The summed E-state index contributed by atoms with van der Waals surface area (Å²) in [6.45, 7) is 4.21. The summed E-state index contributed by atoms with van der Waals surface area (Å²) in [5.74, 6) is 0.358. The van der Waals surface area contributed by atoms with Crippen LogP contribution in [0.5, 0.6) is 0 Å². The molecule has 30 heavy (non-hydrogen) atoms. The normalized spacial score (nSPS) is 11.9. The first-order valence-corrected chi connectivity index (χ1v) is 10.1. The number of nitrogens with two attached hydrogens (primary N) is 1. The van der Waals surface area contributed by atoms with Crippen molar-refractivity contribution in [1.82, 2.24) is 25.2 Å². The number of hydrogen-bond donors (Lipinski definition) is 4. The first-order chi connectivity index (χ1) is 14.6. The number of hydrogen-bond acceptors (Lipinski definition) is 4. The van der Waals surface area contributed by atoms with Gasteiger partial charge in [0.2, 0.25) is 0 Å². The van der Waals surface area contributed by atoms with Crippen LogP contribution in [0.3, 0.4) is 0 Å². The van der Waals surface area contributed by atoms with Gasteiger partial charge in [0.1, 0.15) is 5.65 Å². The molecule has 3 rings (SSSR count). The summed E-state index contributed by atoms with van der Waals surface area (Å²) in [5.41, 5.74) is 8.86. The molecule has 8 nitrogen and oxygen atoms in total. The molecule has 160 valence electrons. The maximum atomic E-state index is 12.3. The van der Waals surface area contributed by atoms with E-state index in [2.05, 4.69) is 25.6 Å². The minimum Gasteiger partial charge on any atom is -0.370 e. The fraction of sp³-hybridized carbons (Fsp3) is 0.381. The first-order valence-electron chi connectivity index (χ1n) is 10.1. The van der Waals surface area contributed by atoms with Crippen molar-refractivity contribution in [2.45, 2.75) is 26.3 Å². The quantitative estimate of drug-likeness (QED) is 0.230. The van der Waals surface area contributed by atoms with Crippen LogP contribution in [-0.4, -0.2) is 46.8 Å². The molecule has 5 N–H and O–H groups in total. The van der Waals surface area contributed by atoms with Crippen molar-refractivity contribution in [1.29, 1.82) is 0 Å². The van der Waals surface area contributed by atoms with Crippen molar-refractivity contribution in [2.24, 2.45) is 10.7 Å². The van der Waals surface area contributed by atoms with E-state index >= 15 is 0 Å². The highest BCUT2D eigenvalue weighted by Crippen LogP contribution is 2.13. The van der Waals surface area contributed by atoms with E-state index in [0.717, 1.165) is 41.8 Å². The number of nitrogens with zero attached hydrogens (tertiary/aromatic N) is 3. The highest BCUT2D eigenvalue weighted by Gasteiger charge is 2.06. The van der Waals surface area contributed by atoms with E-state index in [1.54, 1.807) is 10.8 Å². The van der Waals surface area contributed by atoms with Crippen LogP contribution in [0, 0.1) is 6.92 Å². The third-order valence-electron chi connectivity index (χ3n) is 4.60. The molecule has 0 saturated carbocycles. The molecule has 0 bridgehead atoms. The van der Waals surface area contributed by atoms with E-state index < -0.39 is 0 Å². The lowest BCUT2D eigenvalue weighted by molar-refractivity contribution is 0.477. The van der Waals surface area contributed by atoms with Gasteiger partial charge >= 0.3 is 5.69 Å². The molecule has 0 spiro atoms. The Morgan fingerprint density at radius 2 is 2.07 bits per heavy atom. The van der Waals surface area contributed by atoms with Crippen molar-refractivity contribution in [2.75, 3.05) is 26.3 Å². The minimum absolute atomic E-state index is 0.310. The van der Waals surface area contributed by atoms with E-state index in [-0.39, 0.29) is 12.4 Å². The number of fused-ring (bicyclic) bond motifs is 1. The van der Waals surface area contributed by atoms with E-state index in [1.807, 2.05) is 37.3 Å². The Morgan fingerprint density at radius 1 is 1.27 bits per heavy atom. The number of benzene rings is 1. The second-order valence-corrected chi connectivity index (χ2v) is 7.08. The number of H-pyrrole nitrogens is 1. The Bertz CT molecular complexity index is 1040. The second-order valence-electron chi connectivity index (χ2n) is 7.08. The molecule has 0 unspecified atom stereocenters. The molecule has 0 fully saturated rings. The largest absolute Gasteiger partial charge is 0.370 e. The molecule has 2 heterocycles. The molecule has 0 saturated heterocycles. The lowest BCUT2D eigenvalue weighted by Crippen LogP contribution is -2.33. The zero-order valence-corrected chi connectivity index (χ0v) is 17.1. The number of aromatic nitrogens is 3. The van der Waals surface area contributed by atoms with Crippen molar-refractivity contribution in [3.05, 3.63) is 58.3 Å². The summed E-state index contributed by atoms with van der Waals surface area (Å²) >= 11 is 0. The van der Waals surface area contributed by atoms with Gasteiger partial charge in [-0.2, -0.15) is 4.98 Å². The SMILES string of the molecule is Cc1cc2cn(-c3ccc(CNCCCNC(N)=NCCCF)cc3)c(=O)nc2[nH]1. The van der Waals surface area contributed by atoms with Crippen LogP contribution in [0.2, 0.25) is 0 Å². The standard InChI is InChI=1S/C21H28FN7O/c1-15-12-17-14-29(21(30)28-19(17)27-15)18-6-4-16(5-7-18)13-24-9-3-11-26-20(23)25-10-2-8-22/h4-7,12,14,24H,2-3,8-11,13H2,1H3,(H3,23,25,26)(H,27,28,30). The van der Waals surface area contributed by atoms with Crippen LogP contribution >= 0.6 is 0 Å². The Labute approximate surface area is 174 Å². The van der Waals surface area contributed by atoms with Crippen LogP contribution in [0.4, 0.5) is 4.39 Å². The Hall–Kier alpha value is -3.20. The average Bonchev–Trinajstić information content (AvgIpc) is 3.09. The van der Waals surface area contributed by atoms with Crippen molar-refractivity contribution < 1.29 is 4.39 Å². The maximum Gasteiger partial charge on any atom is 0.354 e. The minimum atomic E-state index is -0.378. The van der Waals surface area contributed by atoms with Gasteiger partial charge in [-0.05, 0) is 50.1 Å². The molecule has 0 atom stereocenters. The predicted molar refractivity (Wildman–Crippen MR) is 118 cm³/mol.